The van der Waals surface area contributed by atoms with Gasteiger partial charge < -0.3 is 19.4 Å². The third-order valence-corrected chi connectivity index (χ3v) is 3.94. The highest BCUT2D eigenvalue weighted by molar-refractivity contribution is 5.76. The topological polar surface area (TPSA) is 48.3 Å². The number of rotatable bonds is 5. The summed E-state index contributed by atoms with van der Waals surface area (Å²) >= 11 is 0. The largest absolute Gasteiger partial charge is 0.383 e. The zero-order valence-electron chi connectivity index (χ0n) is 12.0. The number of hydrogen-bond donors (Lipinski definition) is 1. The summed E-state index contributed by atoms with van der Waals surface area (Å²) in [6.45, 7) is 2.39. The first-order chi connectivity index (χ1) is 9.83. The van der Waals surface area contributed by atoms with Gasteiger partial charge in [-0.1, -0.05) is 12.1 Å². The van der Waals surface area contributed by atoms with Crippen LogP contribution in [0.3, 0.4) is 0 Å². The van der Waals surface area contributed by atoms with Crippen LogP contribution in [0.2, 0.25) is 0 Å². The first kappa shape index (κ1) is 13.5. The summed E-state index contributed by atoms with van der Waals surface area (Å²) in [7, 11) is 3.50. The average Bonchev–Trinajstić information content (AvgIpc) is 3.09. The second kappa shape index (κ2) is 5.91. The number of methoxy groups -OCH3 is 2. The minimum atomic E-state index is 0.254. The molecule has 5 heteroatoms. The zero-order valence-corrected chi connectivity index (χ0v) is 12.0. The maximum absolute atomic E-state index is 5.43. The summed E-state index contributed by atoms with van der Waals surface area (Å²) in [6.07, 6.45) is 1.24. The first-order valence-corrected chi connectivity index (χ1v) is 7.03. The third kappa shape index (κ3) is 2.44. The van der Waals surface area contributed by atoms with E-state index in [1.54, 1.807) is 14.2 Å². The summed E-state index contributed by atoms with van der Waals surface area (Å²) in [6, 6.07) is 8.51. The van der Waals surface area contributed by atoms with Gasteiger partial charge in [-0.2, -0.15) is 0 Å². The Balaban J connectivity index is 1.96. The molecule has 2 atom stereocenters. The molecule has 1 aliphatic rings. The highest BCUT2D eigenvalue weighted by atomic mass is 16.5. The van der Waals surface area contributed by atoms with E-state index in [0.717, 1.165) is 30.9 Å². The van der Waals surface area contributed by atoms with E-state index < -0.39 is 0 Å². The van der Waals surface area contributed by atoms with E-state index in [1.165, 1.54) is 5.52 Å². The Morgan fingerprint density at radius 2 is 2.20 bits per heavy atom. The molecule has 3 rings (SSSR count). The fourth-order valence-corrected chi connectivity index (χ4v) is 2.86. The predicted octanol–water partition coefficient (Wildman–Crippen LogP) is 1.73. The fourth-order valence-electron chi connectivity index (χ4n) is 2.86. The van der Waals surface area contributed by atoms with Crippen molar-refractivity contribution in [2.24, 2.45) is 0 Å². The molecule has 0 spiro atoms. The second-order valence-electron chi connectivity index (χ2n) is 5.16. The van der Waals surface area contributed by atoms with Crippen LogP contribution in [0.5, 0.6) is 0 Å². The summed E-state index contributed by atoms with van der Waals surface area (Å²) in [4.78, 5) is 4.81. The van der Waals surface area contributed by atoms with Crippen LogP contribution in [0.25, 0.3) is 11.0 Å². The molecule has 108 valence electrons. The number of hydrogen-bond acceptors (Lipinski definition) is 4. The smallest absolute Gasteiger partial charge is 0.127 e. The van der Waals surface area contributed by atoms with Crippen molar-refractivity contribution in [3.63, 3.8) is 0 Å². The van der Waals surface area contributed by atoms with E-state index in [4.69, 9.17) is 14.5 Å². The Morgan fingerprint density at radius 1 is 1.35 bits per heavy atom. The van der Waals surface area contributed by atoms with E-state index in [1.807, 2.05) is 6.07 Å². The first-order valence-electron chi connectivity index (χ1n) is 7.03. The molecule has 1 aromatic heterocycles. The van der Waals surface area contributed by atoms with Gasteiger partial charge in [0.25, 0.3) is 0 Å². The molecule has 0 bridgehead atoms. The predicted molar refractivity (Wildman–Crippen MR) is 77.8 cm³/mol. The number of imidazole rings is 1. The maximum atomic E-state index is 5.43. The monoisotopic (exact) mass is 275 g/mol. The van der Waals surface area contributed by atoms with Gasteiger partial charge in [0.15, 0.2) is 0 Å². The highest BCUT2D eigenvalue weighted by Gasteiger charge is 2.29. The molecule has 1 saturated heterocycles. The zero-order chi connectivity index (χ0) is 13.9. The van der Waals surface area contributed by atoms with Crippen molar-refractivity contribution in [2.75, 3.05) is 27.4 Å². The number of nitrogens with one attached hydrogen (secondary N) is 1. The lowest BCUT2D eigenvalue weighted by atomic mass is 10.2. The van der Waals surface area contributed by atoms with Crippen molar-refractivity contribution in [1.29, 1.82) is 0 Å². The lowest BCUT2D eigenvalue weighted by Gasteiger charge is -2.14. The van der Waals surface area contributed by atoms with Crippen molar-refractivity contribution in [3.05, 3.63) is 30.1 Å². The number of ether oxygens (including phenoxy) is 2. The van der Waals surface area contributed by atoms with E-state index in [9.17, 15) is 0 Å². The van der Waals surface area contributed by atoms with Crippen LogP contribution in [0, 0.1) is 0 Å². The number of para-hydroxylation sites is 2. The molecule has 1 fully saturated rings. The minimum Gasteiger partial charge on any atom is -0.383 e. The Kier molecular flexibility index (Phi) is 4.00. The molecule has 2 heterocycles. The van der Waals surface area contributed by atoms with Crippen molar-refractivity contribution in [1.82, 2.24) is 14.9 Å². The number of fused-ring (bicyclic) bond motifs is 1. The molecule has 0 amide bonds. The minimum absolute atomic E-state index is 0.254. The van der Waals surface area contributed by atoms with Gasteiger partial charge in [-0.05, 0) is 18.6 Å². The maximum Gasteiger partial charge on any atom is 0.127 e. The Morgan fingerprint density at radius 3 is 2.95 bits per heavy atom. The van der Waals surface area contributed by atoms with Crippen LogP contribution in [0.15, 0.2) is 24.3 Å². The molecular formula is C15H21N3O2. The molecule has 2 unspecified atom stereocenters. The van der Waals surface area contributed by atoms with E-state index in [0.29, 0.717) is 6.61 Å². The second-order valence-corrected chi connectivity index (χ2v) is 5.16. The fraction of sp³-hybridized carbons (Fsp3) is 0.533. The summed E-state index contributed by atoms with van der Waals surface area (Å²) in [5, 5.41) is 3.50. The van der Waals surface area contributed by atoms with Gasteiger partial charge in [0.2, 0.25) is 0 Å². The van der Waals surface area contributed by atoms with Crippen molar-refractivity contribution in [2.45, 2.75) is 25.1 Å². The molecule has 1 N–H and O–H groups in total. The summed E-state index contributed by atoms with van der Waals surface area (Å²) < 4.78 is 12.9. The SMILES string of the molecule is COCCn1c(C2CC(OC)CN2)nc2ccccc21. The van der Waals surface area contributed by atoms with Crippen molar-refractivity contribution >= 4 is 11.0 Å². The van der Waals surface area contributed by atoms with Gasteiger partial charge in [-0.25, -0.2) is 4.98 Å². The van der Waals surface area contributed by atoms with Crippen molar-refractivity contribution < 1.29 is 9.47 Å². The average molecular weight is 275 g/mol. The normalized spacial score (nSPS) is 22.7. The van der Waals surface area contributed by atoms with E-state index >= 15 is 0 Å². The van der Waals surface area contributed by atoms with E-state index in [2.05, 4.69) is 28.1 Å². The summed E-state index contributed by atoms with van der Waals surface area (Å²) in [5.74, 6) is 1.09. The molecule has 0 saturated carbocycles. The van der Waals surface area contributed by atoms with Crippen LogP contribution in [-0.4, -0.2) is 43.0 Å². The van der Waals surface area contributed by atoms with E-state index in [-0.39, 0.29) is 12.1 Å². The standard InChI is InChI=1S/C15H21N3O2/c1-19-8-7-18-14-6-4-3-5-12(14)17-15(18)13-9-11(20-2)10-16-13/h3-6,11,13,16H,7-10H2,1-2H3. The number of aromatic nitrogens is 2. The van der Waals surface area contributed by atoms with Gasteiger partial charge in [-0.3, -0.25) is 0 Å². The van der Waals surface area contributed by atoms with Gasteiger partial charge in [0.05, 0.1) is 29.8 Å². The molecule has 2 aromatic rings. The summed E-state index contributed by atoms with van der Waals surface area (Å²) in [5.41, 5.74) is 2.21. The van der Waals surface area contributed by atoms with Crippen LogP contribution >= 0.6 is 0 Å². The Labute approximate surface area is 118 Å². The van der Waals surface area contributed by atoms with Gasteiger partial charge in [0.1, 0.15) is 5.82 Å². The molecule has 0 aliphatic carbocycles. The molecule has 5 nitrogen and oxygen atoms in total. The van der Waals surface area contributed by atoms with Crippen LogP contribution < -0.4 is 5.32 Å². The number of benzene rings is 1. The van der Waals surface area contributed by atoms with Crippen molar-refractivity contribution in [3.8, 4) is 0 Å². The third-order valence-electron chi connectivity index (χ3n) is 3.94. The Hall–Kier alpha value is -1.43. The quantitative estimate of drug-likeness (QED) is 0.903. The lowest BCUT2D eigenvalue weighted by Crippen LogP contribution is -2.19. The molecular weight excluding hydrogens is 254 g/mol. The molecule has 1 aliphatic heterocycles. The molecule has 0 radical (unpaired) electrons. The highest BCUT2D eigenvalue weighted by Crippen LogP contribution is 2.27. The van der Waals surface area contributed by atoms with Crippen LogP contribution in [0.4, 0.5) is 0 Å². The van der Waals surface area contributed by atoms with Gasteiger partial charge >= 0.3 is 0 Å². The van der Waals surface area contributed by atoms with Gasteiger partial charge in [0, 0.05) is 27.3 Å². The van der Waals surface area contributed by atoms with Gasteiger partial charge in [-0.15, -0.1) is 0 Å². The van der Waals surface area contributed by atoms with Crippen LogP contribution in [-0.2, 0) is 16.0 Å². The molecule has 20 heavy (non-hydrogen) atoms. The Bertz CT molecular complexity index is 582. The molecule has 1 aromatic carbocycles. The number of nitrogens with zero attached hydrogens (tertiary/aromatic N) is 2. The van der Waals surface area contributed by atoms with Crippen LogP contribution in [0.1, 0.15) is 18.3 Å². The lowest BCUT2D eigenvalue weighted by molar-refractivity contribution is 0.117.